The van der Waals surface area contributed by atoms with Crippen molar-refractivity contribution in [1.82, 2.24) is 14.9 Å². The van der Waals surface area contributed by atoms with Crippen LogP contribution in [0.5, 0.6) is 0 Å². The molecule has 3 aliphatic rings. The molecule has 0 spiro atoms. The third-order valence-corrected chi connectivity index (χ3v) is 7.40. The summed E-state index contributed by atoms with van der Waals surface area (Å²) in [7, 11) is 0. The smallest absolute Gasteiger partial charge is 0.291 e. The van der Waals surface area contributed by atoms with Gasteiger partial charge >= 0.3 is 0 Å². The van der Waals surface area contributed by atoms with Crippen LogP contribution in [0.4, 0.5) is 5.82 Å². The van der Waals surface area contributed by atoms with E-state index in [-0.39, 0.29) is 23.5 Å². The summed E-state index contributed by atoms with van der Waals surface area (Å²) in [5, 5.41) is 10.2. The van der Waals surface area contributed by atoms with E-state index in [4.69, 9.17) is 14.1 Å². The molecule has 1 atom stereocenters. The Labute approximate surface area is 200 Å². The molecule has 2 aromatic rings. The molecule has 1 saturated heterocycles. The second-order valence-corrected chi connectivity index (χ2v) is 10.8. The third-order valence-electron chi connectivity index (χ3n) is 7.40. The molecule has 2 fully saturated rings. The zero-order valence-corrected chi connectivity index (χ0v) is 20.7. The van der Waals surface area contributed by atoms with Gasteiger partial charge in [0.1, 0.15) is 11.9 Å². The van der Waals surface area contributed by atoms with Gasteiger partial charge in [-0.15, -0.1) is 0 Å². The third kappa shape index (κ3) is 3.96. The Morgan fingerprint density at radius 1 is 1.26 bits per heavy atom. The number of oxazole rings is 1. The Hall–Kier alpha value is -2.92. The lowest BCUT2D eigenvalue weighted by Crippen LogP contribution is -2.57. The van der Waals surface area contributed by atoms with Gasteiger partial charge in [-0.05, 0) is 45.1 Å². The average Bonchev–Trinajstić information content (AvgIpc) is 3.56. The fourth-order valence-corrected chi connectivity index (χ4v) is 5.28. The van der Waals surface area contributed by atoms with Crippen LogP contribution >= 0.6 is 0 Å². The number of amides is 1. The first-order valence-electron chi connectivity index (χ1n) is 12.3. The van der Waals surface area contributed by atoms with Crippen LogP contribution in [0.15, 0.2) is 10.8 Å². The molecule has 5 rings (SSSR count). The predicted octanol–water partition coefficient (Wildman–Crippen LogP) is 3.97. The second-order valence-electron chi connectivity index (χ2n) is 10.8. The number of hydrogen-bond acceptors (Lipinski definition) is 7. The normalized spacial score (nSPS) is 22.0. The fourth-order valence-electron chi connectivity index (χ4n) is 5.28. The zero-order valence-electron chi connectivity index (χ0n) is 20.7. The first-order valence-corrected chi connectivity index (χ1v) is 12.3. The van der Waals surface area contributed by atoms with E-state index in [0.29, 0.717) is 55.6 Å². The maximum Gasteiger partial charge on any atom is 0.291 e. The van der Waals surface area contributed by atoms with Crippen LogP contribution in [-0.2, 0) is 17.8 Å². The lowest BCUT2D eigenvalue weighted by atomic mass is 9.87. The van der Waals surface area contributed by atoms with E-state index in [2.05, 4.69) is 43.6 Å². The minimum Gasteiger partial charge on any atom is -0.438 e. The molecular formula is C26H33N5O3. The van der Waals surface area contributed by atoms with Gasteiger partial charge in [-0.3, -0.25) is 4.79 Å². The first-order chi connectivity index (χ1) is 16.2. The number of rotatable bonds is 4. The molecule has 2 aliphatic heterocycles. The molecule has 0 radical (unpaired) electrons. The molecule has 0 unspecified atom stereocenters. The molecule has 8 nitrogen and oxygen atoms in total. The number of aromatic nitrogens is 2. The number of carbonyl (C=O) groups excluding carboxylic acids is 1. The number of nitriles is 1. The number of ether oxygens (including phenoxy) is 1. The van der Waals surface area contributed by atoms with Gasteiger partial charge in [-0.1, -0.05) is 13.8 Å². The largest absolute Gasteiger partial charge is 0.438 e. The Morgan fingerprint density at radius 3 is 2.65 bits per heavy atom. The molecule has 1 amide bonds. The lowest BCUT2D eigenvalue weighted by molar-refractivity contribution is -0.0407. The topological polar surface area (TPSA) is 95.5 Å². The van der Waals surface area contributed by atoms with E-state index in [1.165, 1.54) is 6.39 Å². The quantitative estimate of drug-likeness (QED) is 0.677. The van der Waals surface area contributed by atoms with Gasteiger partial charge in [0.2, 0.25) is 5.76 Å². The lowest BCUT2D eigenvalue weighted by Gasteiger charge is -2.44. The second kappa shape index (κ2) is 8.38. The molecule has 4 heterocycles. The monoisotopic (exact) mass is 463 g/mol. The van der Waals surface area contributed by atoms with Crippen molar-refractivity contribution in [2.24, 2.45) is 5.92 Å². The molecule has 1 aliphatic carbocycles. The van der Waals surface area contributed by atoms with Gasteiger partial charge in [0.05, 0.1) is 35.2 Å². The minimum atomic E-state index is -0.307. The number of aryl methyl sites for hydroxylation is 1. The van der Waals surface area contributed by atoms with Crippen molar-refractivity contribution in [2.45, 2.75) is 78.0 Å². The molecular weight excluding hydrogens is 430 g/mol. The Balaban J connectivity index is 1.51. The number of nitrogens with zero attached hydrogens (tertiary/aromatic N) is 5. The van der Waals surface area contributed by atoms with E-state index >= 15 is 0 Å². The van der Waals surface area contributed by atoms with Crippen molar-refractivity contribution in [1.29, 1.82) is 5.26 Å². The zero-order chi connectivity index (χ0) is 24.2. The fraction of sp³-hybridized carbons (Fsp3) is 0.615. The van der Waals surface area contributed by atoms with Crippen LogP contribution in [0.1, 0.15) is 85.1 Å². The van der Waals surface area contributed by atoms with Crippen molar-refractivity contribution in [3.05, 3.63) is 40.2 Å². The minimum absolute atomic E-state index is 0.0284. The summed E-state index contributed by atoms with van der Waals surface area (Å²) in [6.07, 6.45) is 4.31. The maximum atomic E-state index is 13.3. The van der Waals surface area contributed by atoms with Crippen LogP contribution in [-0.4, -0.2) is 52.1 Å². The molecule has 8 heteroatoms. The van der Waals surface area contributed by atoms with Gasteiger partial charge in [0.25, 0.3) is 5.91 Å². The van der Waals surface area contributed by atoms with E-state index in [1.807, 2.05) is 4.90 Å². The Bertz CT molecular complexity index is 1160. The summed E-state index contributed by atoms with van der Waals surface area (Å²) in [4.78, 5) is 26.6. The standard InChI is InChI=1S/C26H33N5O3/c1-15(2)21-12-30(8-9-31(21)25(32)23-16(3)28-14-33-23)24-19(11-27)18-10-26(4,5)34-13-20(18)22(29-24)17-6-7-17/h14-15,17,21H,6-10,12-13H2,1-5H3/t21-/m0/s1. The maximum absolute atomic E-state index is 13.3. The van der Waals surface area contributed by atoms with Gasteiger partial charge in [-0.25, -0.2) is 9.97 Å². The highest BCUT2D eigenvalue weighted by atomic mass is 16.5. The van der Waals surface area contributed by atoms with Gasteiger partial charge in [-0.2, -0.15) is 5.26 Å². The van der Waals surface area contributed by atoms with Crippen LogP contribution < -0.4 is 4.90 Å². The van der Waals surface area contributed by atoms with E-state index in [9.17, 15) is 10.1 Å². The molecule has 2 aromatic heterocycles. The molecule has 1 saturated carbocycles. The molecule has 180 valence electrons. The van der Waals surface area contributed by atoms with Gasteiger partial charge in [0, 0.05) is 37.5 Å². The highest BCUT2D eigenvalue weighted by Crippen LogP contribution is 2.46. The van der Waals surface area contributed by atoms with Crippen LogP contribution in [0, 0.1) is 24.2 Å². The highest BCUT2D eigenvalue weighted by Gasteiger charge is 2.40. The summed E-state index contributed by atoms with van der Waals surface area (Å²) in [5.41, 5.74) is 4.30. The number of pyridine rings is 1. The van der Waals surface area contributed by atoms with Crippen molar-refractivity contribution in [2.75, 3.05) is 24.5 Å². The van der Waals surface area contributed by atoms with Gasteiger partial charge < -0.3 is 19.0 Å². The molecule has 0 N–H and O–H groups in total. The average molecular weight is 464 g/mol. The number of anilines is 1. The SMILES string of the molecule is Cc1ncoc1C(=O)N1CCN(c2nc(C3CC3)c3c(c2C#N)CC(C)(C)OC3)C[C@H]1C(C)C. The van der Waals surface area contributed by atoms with E-state index in [0.717, 1.165) is 35.5 Å². The van der Waals surface area contributed by atoms with Crippen molar-refractivity contribution in [3.8, 4) is 6.07 Å². The number of fused-ring (bicyclic) bond motifs is 1. The first kappa shape index (κ1) is 22.9. The van der Waals surface area contributed by atoms with Crippen LogP contribution in [0.2, 0.25) is 0 Å². The summed E-state index contributed by atoms with van der Waals surface area (Å²) in [6.45, 7) is 12.5. The molecule has 0 aromatic carbocycles. The Kier molecular flexibility index (Phi) is 5.64. The van der Waals surface area contributed by atoms with Crippen LogP contribution in [0.25, 0.3) is 0 Å². The number of carbonyl (C=O) groups is 1. The summed E-state index contributed by atoms with van der Waals surface area (Å²) in [5.74, 6) is 1.65. The summed E-state index contributed by atoms with van der Waals surface area (Å²) >= 11 is 0. The van der Waals surface area contributed by atoms with E-state index in [1.54, 1.807) is 6.92 Å². The number of hydrogen-bond donors (Lipinski definition) is 0. The van der Waals surface area contributed by atoms with Crippen molar-refractivity contribution in [3.63, 3.8) is 0 Å². The van der Waals surface area contributed by atoms with Crippen LogP contribution in [0.3, 0.4) is 0 Å². The summed E-state index contributed by atoms with van der Waals surface area (Å²) in [6, 6.07) is 2.46. The Morgan fingerprint density at radius 2 is 2.03 bits per heavy atom. The molecule has 34 heavy (non-hydrogen) atoms. The number of piperazine rings is 1. The van der Waals surface area contributed by atoms with Crippen molar-refractivity contribution >= 4 is 11.7 Å². The van der Waals surface area contributed by atoms with Crippen molar-refractivity contribution < 1.29 is 13.9 Å². The van der Waals surface area contributed by atoms with Gasteiger partial charge in [0.15, 0.2) is 6.39 Å². The highest BCUT2D eigenvalue weighted by molar-refractivity contribution is 5.92. The molecule has 0 bridgehead atoms. The predicted molar refractivity (Wildman–Crippen MR) is 127 cm³/mol. The van der Waals surface area contributed by atoms with E-state index < -0.39 is 0 Å². The summed E-state index contributed by atoms with van der Waals surface area (Å²) < 4.78 is 11.5.